The minimum absolute atomic E-state index is 0.00104. The third-order valence-electron chi connectivity index (χ3n) is 5.00. The van der Waals surface area contributed by atoms with Gasteiger partial charge in [0.15, 0.2) is 0 Å². The van der Waals surface area contributed by atoms with E-state index in [4.69, 9.17) is 0 Å². The van der Waals surface area contributed by atoms with Crippen molar-refractivity contribution in [3.8, 4) is 0 Å². The van der Waals surface area contributed by atoms with Crippen LogP contribution in [-0.4, -0.2) is 23.9 Å². The first-order chi connectivity index (χ1) is 12.1. The van der Waals surface area contributed by atoms with Gasteiger partial charge >= 0.3 is 0 Å². The number of hydrogen-bond donors (Lipinski definition) is 1. The summed E-state index contributed by atoms with van der Waals surface area (Å²) in [5.41, 5.74) is 4.36. The van der Waals surface area contributed by atoms with E-state index in [0.29, 0.717) is 0 Å². The molecule has 0 spiro atoms. The molecule has 3 rings (SSSR count). The molecule has 1 saturated heterocycles. The number of aryl methyl sites for hydroxylation is 1. The van der Waals surface area contributed by atoms with Crippen LogP contribution in [0, 0.1) is 6.92 Å². The van der Waals surface area contributed by atoms with Crippen LogP contribution in [0.3, 0.4) is 0 Å². The first kappa shape index (κ1) is 17.7. The van der Waals surface area contributed by atoms with E-state index in [1.807, 2.05) is 19.1 Å². The standard InChI is InChI=1S/C22H28N2O/c1-17-6-10-20(11-7-17)18(2)23-22(25)21-12-8-19(9-13-21)16-24-14-4-3-5-15-24/h6-13,18H,3-5,14-16H2,1-2H3,(H,23,25). The summed E-state index contributed by atoms with van der Waals surface area (Å²) in [6.45, 7) is 7.46. The molecule has 1 amide bonds. The van der Waals surface area contributed by atoms with Crippen LogP contribution in [0.4, 0.5) is 0 Å². The van der Waals surface area contributed by atoms with Crippen LogP contribution in [0.25, 0.3) is 0 Å². The molecule has 1 atom stereocenters. The van der Waals surface area contributed by atoms with Gasteiger partial charge in [0.25, 0.3) is 5.91 Å². The van der Waals surface area contributed by atoms with E-state index in [1.54, 1.807) is 0 Å². The number of benzene rings is 2. The molecule has 1 fully saturated rings. The van der Waals surface area contributed by atoms with Crippen molar-refractivity contribution in [2.75, 3.05) is 13.1 Å². The van der Waals surface area contributed by atoms with Crippen molar-refractivity contribution in [2.24, 2.45) is 0 Å². The van der Waals surface area contributed by atoms with Crippen LogP contribution in [-0.2, 0) is 6.54 Å². The minimum atomic E-state index is -0.0161. The number of rotatable bonds is 5. The fraction of sp³-hybridized carbons (Fsp3) is 0.409. The van der Waals surface area contributed by atoms with Crippen LogP contribution < -0.4 is 5.32 Å². The molecular formula is C22H28N2O. The minimum Gasteiger partial charge on any atom is -0.346 e. The zero-order chi connectivity index (χ0) is 17.6. The first-order valence-corrected chi connectivity index (χ1v) is 9.30. The Kier molecular flexibility index (Phi) is 5.87. The van der Waals surface area contributed by atoms with E-state index < -0.39 is 0 Å². The van der Waals surface area contributed by atoms with E-state index in [9.17, 15) is 4.79 Å². The van der Waals surface area contributed by atoms with Crippen LogP contribution in [0.1, 0.15) is 59.3 Å². The van der Waals surface area contributed by atoms with Gasteiger partial charge in [-0.1, -0.05) is 48.4 Å². The molecule has 1 heterocycles. The second-order valence-electron chi connectivity index (χ2n) is 7.14. The van der Waals surface area contributed by atoms with Crippen LogP contribution in [0.2, 0.25) is 0 Å². The number of hydrogen-bond acceptors (Lipinski definition) is 2. The Morgan fingerprint density at radius 2 is 1.64 bits per heavy atom. The maximum Gasteiger partial charge on any atom is 0.251 e. The lowest BCUT2D eigenvalue weighted by Gasteiger charge is -2.26. The summed E-state index contributed by atoms with van der Waals surface area (Å²) in [6, 6.07) is 16.3. The highest BCUT2D eigenvalue weighted by atomic mass is 16.1. The Balaban J connectivity index is 1.57. The zero-order valence-electron chi connectivity index (χ0n) is 15.3. The fourth-order valence-corrected chi connectivity index (χ4v) is 3.36. The van der Waals surface area contributed by atoms with Crippen molar-refractivity contribution < 1.29 is 4.79 Å². The molecule has 2 aromatic rings. The van der Waals surface area contributed by atoms with Gasteiger partial charge in [0, 0.05) is 12.1 Å². The summed E-state index contributed by atoms with van der Waals surface area (Å²) in [5, 5.41) is 3.08. The molecule has 2 aromatic carbocycles. The van der Waals surface area contributed by atoms with Gasteiger partial charge in [-0.2, -0.15) is 0 Å². The molecular weight excluding hydrogens is 308 g/mol. The lowest BCUT2D eigenvalue weighted by Crippen LogP contribution is -2.29. The third-order valence-corrected chi connectivity index (χ3v) is 5.00. The van der Waals surface area contributed by atoms with Crippen molar-refractivity contribution in [3.63, 3.8) is 0 Å². The van der Waals surface area contributed by atoms with Crippen molar-refractivity contribution in [3.05, 3.63) is 70.8 Å². The number of carbonyl (C=O) groups is 1. The van der Waals surface area contributed by atoms with E-state index in [1.165, 1.54) is 43.5 Å². The molecule has 25 heavy (non-hydrogen) atoms. The second kappa shape index (κ2) is 8.30. The Bertz CT molecular complexity index is 685. The van der Waals surface area contributed by atoms with Gasteiger partial charge in [-0.3, -0.25) is 9.69 Å². The van der Waals surface area contributed by atoms with Gasteiger partial charge in [-0.05, 0) is 63.0 Å². The number of carbonyl (C=O) groups excluding carboxylic acids is 1. The quantitative estimate of drug-likeness (QED) is 0.873. The fourth-order valence-electron chi connectivity index (χ4n) is 3.36. The number of likely N-dealkylation sites (tertiary alicyclic amines) is 1. The second-order valence-corrected chi connectivity index (χ2v) is 7.14. The first-order valence-electron chi connectivity index (χ1n) is 9.30. The molecule has 0 aliphatic carbocycles. The van der Waals surface area contributed by atoms with Gasteiger partial charge in [-0.25, -0.2) is 0 Å². The number of nitrogens with one attached hydrogen (secondary N) is 1. The summed E-state index contributed by atoms with van der Waals surface area (Å²) in [5.74, 6) is -0.0161. The molecule has 1 unspecified atom stereocenters. The molecule has 3 nitrogen and oxygen atoms in total. The molecule has 0 bridgehead atoms. The highest BCUT2D eigenvalue weighted by Crippen LogP contribution is 2.16. The smallest absolute Gasteiger partial charge is 0.251 e. The molecule has 0 radical (unpaired) electrons. The lowest BCUT2D eigenvalue weighted by molar-refractivity contribution is 0.0940. The highest BCUT2D eigenvalue weighted by molar-refractivity contribution is 5.94. The SMILES string of the molecule is Cc1ccc(C(C)NC(=O)c2ccc(CN3CCCCC3)cc2)cc1. The van der Waals surface area contributed by atoms with Gasteiger partial charge in [-0.15, -0.1) is 0 Å². The van der Waals surface area contributed by atoms with Crippen molar-refractivity contribution in [1.82, 2.24) is 10.2 Å². The molecule has 1 aliphatic heterocycles. The van der Waals surface area contributed by atoms with Crippen molar-refractivity contribution in [2.45, 2.75) is 45.7 Å². The topological polar surface area (TPSA) is 32.3 Å². The predicted molar refractivity (Wildman–Crippen MR) is 103 cm³/mol. The van der Waals surface area contributed by atoms with Gasteiger partial charge < -0.3 is 5.32 Å². The highest BCUT2D eigenvalue weighted by Gasteiger charge is 2.13. The predicted octanol–water partition coefficient (Wildman–Crippen LogP) is 4.47. The monoisotopic (exact) mass is 336 g/mol. The molecule has 132 valence electrons. The molecule has 0 saturated carbocycles. The number of nitrogens with zero attached hydrogens (tertiary/aromatic N) is 1. The largest absolute Gasteiger partial charge is 0.346 e. The summed E-state index contributed by atoms with van der Waals surface area (Å²) in [6.07, 6.45) is 3.96. The van der Waals surface area contributed by atoms with Crippen LogP contribution in [0.5, 0.6) is 0 Å². The van der Waals surface area contributed by atoms with Gasteiger partial charge in [0.05, 0.1) is 6.04 Å². The Morgan fingerprint density at radius 3 is 2.28 bits per heavy atom. The van der Waals surface area contributed by atoms with E-state index in [2.05, 4.69) is 53.5 Å². The summed E-state index contributed by atoms with van der Waals surface area (Å²) in [4.78, 5) is 15.0. The van der Waals surface area contributed by atoms with Crippen molar-refractivity contribution >= 4 is 5.91 Å². The lowest BCUT2D eigenvalue weighted by atomic mass is 10.1. The Hall–Kier alpha value is -2.13. The molecule has 1 N–H and O–H groups in total. The van der Waals surface area contributed by atoms with Gasteiger partial charge in [0.2, 0.25) is 0 Å². The Morgan fingerprint density at radius 1 is 1.00 bits per heavy atom. The Labute approximate surface area is 151 Å². The molecule has 1 aliphatic rings. The summed E-state index contributed by atoms with van der Waals surface area (Å²) < 4.78 is 0. The van der Waals surface area contributed by atoms with Crippen molar-refractivity contribution in [1.29, 1.82) is 0 Å². The van der Waals surface area contributed by atoms with Crippen LogP contribution in [0.15, 0.2) is 48.5 Å². The zero-order valence-corrected chi connectivity index (χ0v) is 15.3. The third kappa shape index (κ3) is 4.93. The van der Waals surface area contributed by atoms with E-state index in [0.717, 1.165) is 17.7 Å². The average molecular weight is 336 g/mol. The maximum absolute atomic E-state index is 12.5. The maximum atomic E-state index is 12.5. The average Bonchev–Trinajstić information content (AvgIpc) is 2.63. The van der Waals surface area contributed by atoms with Gasteiger partial charge in [0.1, 0.15) is 0 Å². The van der Waals surface area contributed by atoms with E-state index >= 15 is 0 Å². The van der Waals surface area contributed by atoms with E-state index in [-0.39, 0.29) is 11.9 Å². The number of piperidine rings is 1. The van der Waals surface area contributed by atoms with Crippen LogP contribution >= 0.6 is 0 Å². The number of amides is 1. The summed E-state index contributed by atoms with van der Waals surface area (Å²) in [7, 11) is 0. The molecule has 3 heteroatoms. The summed E-state index contributed by atoms with van der Waals surface area (Å²) >= 11 is 0. The normalized spacial score (nSPS) is 16.4. The molecule has 0 aromatic heterocycles.